The number of hydrogen-bond acceptors (Lipinski definition) is 4. The third kappa shape index (κ3) is 5.52. The molecule has 0 N–H and O–H groups in total. The Kier molecular flexibility index (Phi) is 9.10. The zero-order valence-corrected chi connectivity index (χ0v) is 11.6. The van der Waals surface area contributed by atoms with Crippen LogP contribution in [0.15, 0.2) is 9.81 Å². The van der Waals surface area contributed by atoms with Gasteiger partial charge in [-0.15, -0.1) is 23.5 Å². The van der Waals surface area contributed by atoms with Gasteiger partial charge in [0.1, 0.15) is 0 Å². The van der Waals surface area contributed by atoms with Crippen LogP contribution in [0.5, 0.6) is 0 Å². The molecule has 15 heavy (non-hydrogen) atoms. The lowest BCUT2D eigenvalue weighted by Gasteiger charge is -2.11. The second-order valence-corrected chi connectivity index (χ2v) is 5.68. The molecular formula is C11H20O2S2. The van der Waals surface area contributed by atoms with Crippen molar-refractivity contribution in [1.29, 1.82) is 0 Å². The van der Waals surface area contributed by atoms with Gasteiger partial charge in [-0.2, -0.15) is 0 Å². The first-order chi connectivity index (χ1) is 7.21. The molecule has 0 aromatic heterocycles. The van der Waals surface area contributed by atoms with Crippen molar-refractivity contribution in [3.63, 3.8) is 0 Å². The molecule has 0 rings (SSSR count). The van der Waals surface area contributed by atoms with E-state index in [1.807, 2.05) is 0 Å². The van der Waals surface area contributed by atoms with Crippen LogP contribution in [0.3, 0.4) is 0 Å². The SMILES string of the molecule is CCCC(C(=O)OC)=C(SCC)SCC. The summed E-state index contributed by atoms with van der Waals surface area (Å²) < 4.78 is 5.95. The van der Waals surface area contributed by atoms with Gasteiger partial charge in [0.15, 0.2) is 0 Å². The number of thioether (sulfide) groups is 2. The number of methoxy groups -OCH3 is 1. The number of ether oxygens (including phenoxy) is 1. The van der Waals surface area contributed by atoms with Crippen molar-refractivity contribution in [3.8, 4) is 0 Å². The highest BCUT2D eigenvalue weighted by molar-refractivity contribution is 8.22. The third-order valence-corrected chi connectivity index (χ3v) is 4.03. The van der Waals surface area contributed by atoms with Crippen molar-refractivity contribution in [1.82, 2.24) is 0 Å². The lowest BCUT2D eigenvalue weighted by atomic mass is 10.2. The van der Waals surface area contributed by atoms with Gasteiger partial charge in [-0.1, -0.05) is 27.2 Å². The number of rotatable bonds is 7. The fraction of sp³-hybridized carbons (Fsp3) is 0.727. The molecule has 2 nitrogen and oxygen atoms in total. The predicted octanol–water partition coefficient (Wildman–Crippen LogP) is 3.68. The Morgan fingerprint density at radius 3 is 2.00 bits per heavy atom. The average Bonchev–Trinajstić information content (AvgIpc) is 2.25. The second kappa shape index (κ2) is 9.16. The molecule has 0 amide bonds. The highest BCUT2D eigenvalue weighted by atomic mass is 32.2. The summed E-state index contributed by atoms with van der Waals surface area (Å²) in [6, 6.07) is 0. The molecular weight excluding hydrogens is 228 g/mol. The maximum absolute atomic E-state index is 11.6. The molecule has 0 saturated carbocycles. The highest BCUT2D eigenvalue weighted by Gasteiger charge is 2.15. The van der Waals surface area contributed by atoms with Crippen molar-refractivity contribution in [3.05, 3.63) is 9.81 Å². The maximum atomic E-state index is 11.6. The Morgan fingerprint density at radius 2 is 1.67 bits per heavy atom. The lowest BCUT2D eigenvalue weighted by molar-refractivity contribution is -0.136. The molecule has 0 aliphatic heterocycles. The molecule has 0 heterocycles. The summed E-state index contributed by atoms with van der Waals surface area (Å²) in [5, 5.41) is 0. The summed E-state index contributed by atoms with van der Waals surface area (Å²) in [7, 11) is 1.45. The van der Waals surface area contributed by atoms with E-state index in [-0.39, 0.29) is 5.97 Å². The normalized spacial score (nSPS) is 9.87. The Labute approximate surface area is 101 Å². The molecule has 0 unspecified atom stereocenters. The molecule has 0 radical (unpaired) electrons. The summed E-state index contributed by atoms with van der Waals surface area (Å²) >= 11 is 3.47. The Bertz CT molecular complexity index is 217. The highest BCUT2D eigenvalue weighted by Crippen LogP contribution is 2.33. The van der Waals surface area contributed by atoms with Crippen molar-refractivity contribution in [2.24, 2.45) is 0 Å². The summed E-state index contributed by atoms with van der Waals surface area (Å²) in [4.78, 5) is 11.6. The van der Waals surface area contributed by atoms with E-state index in [2.05, 4.69) is 20.8 Å². The van der Waals surface area contributed by atoms with Gasteiger partial charge in [-0.3, -0.25) is 0 Å². The van der Waals surface area contributed by atoms with E-state index >= 15 is 0 Å². The molecule has 0 aliphatic carbocycles. The van der Waals surface area contributed by atoms with Crippen LogP contribution in [0, 0.1) is 0 Å². The minimum absolute atomic E-state index is 0.172. The Hall–Kier alpha value is -0.0900. The van der Waals surface area contributed by atoms with Gasteiger partial charge >= 0.3 is 5.97 Å². The molecule has 0 aromatic carbocycles. The molecule has 0 bridgehead atoms. The van der Waals surface area contributed by atoms with Crippen LogP contribution in [0.4, 0.5) is 0 Å². The van der Waals surface area contributed by atoms with E-state index in [1.165, 1.54) is 7.11 Å². The fourth-order valence-corrected chi connectivity index (χ4v) is 3.42. The molecule has 0 fully saturated rings. The zero-order chi connectivity index (χ0) is 11.7. The molecule has 0 aromatic rings. The van der Waals surface area contributed by atoms with Crippen LogP contribution in [0.25, 0.3) is 0 Å². The number of esters is 1. The van der Waals surface area contributed by atoms with Gasteiger partial charge in [0.25, 0.3) is 0 Å². The van der Waals surface area contributed by atoms with Gasteiger partial charge in [-0.05, 0) is 17.9 Å². The van der Waals surface area contributed by atoms with Crippen LogP contribution in [0.2, 0.25) is 0 Å². The van der Waals surface area contributed by atoms with Crippen LogP contribution in [-0.4, -0.2) is 24.6 Å². The Balaban J connectivity index is 4.85. The first-order valence-corrected chi connectivity index (χ1v) is 7.25. The minimum Gasteiger partial charge on any atom is -0.466 e. The molecule has 0 atom stereocenters. The van der Waals surface area contributed by atoms with Gasteiger partial charge in [0.2, 0.25) is 0 Å². The smallest absolute Gasteiger partial charge is 0.335 e. The van der Waals surface area contributed by atoms with E-state index in [1.54, 1.807) is 23.5 Å². The fourth-order valence-electron chi connectivity index (χ4n) is 1.14. The molecule has 0 aliphatic rings. The summed E-state index contributed by atoms with van der Waals surface area (Å²) in [5.41, 5.74) is 0.846. The Morgan fingerprint density at radius 1 is 1.13 bits per heavy atom. The topological polar surface area (TPSA) is 26.3 Å². The molecule has 4 heteroatoms. The first kappa shape index (κ1) is 14.9. The predicted molar refractivity (Wildman–Crippen MR) is 70.2 cm³/mol. The van der Waals surface area contributed by atoms with E-state index in [9.17, 15) is 4.79 Å². The largest absolute Gasteiger partial charge is 0.466 e. The van der Waals surface area contributed by atoms with Crippen LogP contribution in [0.1, 0.15) is 33.6 Å². The summed E-state index contributed by atoms with van der Waals surface area (Å²) in [6.07, 6.45) is 1.78. The van der Waals surface area contributed by atoms with Crippen LogP contribution >= 0.6 is 23.5 Å². The first-order valence-electron chi connectivity index (χ1n) is 5.28. The van der Waals surface area contributed by atoms with Crippen LogP contribution < -0.4 is 0 Å². The monoisotopic (exact) mass is 248 g/mol. The quantitative estimate of drug-likeness (QED) is 0.507. The van der Waals surface area contributed by atoms with Crippen molar-refractivity contribution < 1.29 is 9.53 Å². The van der Waals surface area contributed by atoms with E-state index in [0.717, 1.165) is 34.2 Å². The number of carbonyl (C=O) groups is 1. The zero-order valence-electron chi connectivity index (χ0n) is 9.96. The van der Waals surface area contributed by atoms with Gasteiger partial charge in [0, 0.05) is 0 Å². The van der Waals surface area contributed by atoms with Gasteiger partial charge < -0.3 is 4.74 Å². The third-order valence-electron chi connectivity index (χ3n) is 1.73. The average molecular weight is 248 g/mol. The summed E-state index contributed by atoms with van der Waals surface area (Å²) in [6.45, 7) is 6.28. The van der Waals surface area contributed by atoms with E-state index < -0.39 is 0 Å². The molecule has 88 valence electrons. The van der Waals surface area contributed by atoms with Crippen molar-refractivity contribution in [2.75, 3.05) is 18.6 Å². The molecule has 0 saturated heterocycles. The second-order valence-electron chi connectivity index (χ2n) is 2.87. The minimum atomic E-state index is -0.172. The number of carbonyl (C=O) groups excluding carboxylic acids is 1. The standard InChI is InChI=1S/C11H20O2S2/c1-5-8-9(10(12)13-4)11(14-6-2)15-7-3/h5-8H2,1-4H3. The lowest BCUT2D eigenvalue weighted by Crippen LogP contribution is -2.06. The van der Waals surface area contributed by atoms with Gasteiger partial charge in [-0.25, -0.2) is 4.79 Å². The molecule has 0 spiro atoms. The van der Waals surface area contributed by atoms with Gasteiger partial charge in [0.05, 0.1) is 16.9 Å². The number of hydrogen-bond donors (Lipinski definition) is 0. The maximum Gasteiger partial charge on any atom is 0.335 e. The van der Waals surface area contributed by atoms with Crippen LogP contribution in [-0.2, 0) is 9.53 Å². The van der Waals surface area contributed by atoms with Crippen molar-refractivity contribution in [2.45, 2.75) is 33.6 Å². The van der Waals surface area contributed by atoms with E-state index in [4.69, 9.17) is 4.74 Å². The summed E-state index contributed by atoms with van der Waals surface area (Å²) in [5.74, 6) is 1.81. The van der Waals surface area contributed by atoms with Crippen molar-refractivity contribution >= 4 is 29.5 Å². The van der Waals surface area contributed by atoms with E-state index in [0.29, 0.717) is 0 Å².